The molecule has 0 radical (unpaired) electrons. The molecule has 86 valence electrons. The third kappa shape index (κ3) is 2.48. The molecule has 0 atom stereocenters. The van der Waals surface area contributed by atoms with Crippen molar-refractivity contribution in [1.29, 1.82) is 0 Å². The highest BCUT2D eigenvalue weighted by atomic mass is 35.5. The summed E-state index contributed by atoms with van der Waals surface area (Å²) in [4.78, 5) is 13.6. The van der Waals surface area contributed by atoms with Gasteiger partial charge >= 0.3 is 0 Å². The fraction of sp³-hybridized carbons (Fsp3) is 0.364. The number of anilines is 1. The number of nitrogens with zero attached hydrogens (tertiary/aromatic N) is 1. The Hall–Kier alpha value is -0.770. The Labute approximate surface area is 104 Å². The number of nitrogens with one attached hydrogen (secondary N) is 1. The second-order valence-corrected chi connectivity index (χ2v) is 4.48. The highest BCUT2D eigenvalue weighted by Crippen LogP contribution is 2.29. The first-order chi connectivity index (χ1) is 7.68. The molecule has 1 aliphatic heterocycles. The number of benzene rings is 1. The van der Waals surface area contributed by atoms with Gasteiger partial charge in [0.25, 0.3) is 0 Å². The Balaban J connectivity index is 2.30. The zero-order chi connectivity index (χ0) is 11.5. The Kier molecular flexibility index (Phi) is 3.69. The van der Waals surface area contributed by atoms with E-state index >= 15 is 0 Å². The maximum absolute atomic E-state index is 11.8. The number of carbonyl (C=O) groups is 1. The quantitative estimate of drug-likeness (QED) is 0.839. The molecule has 0 bridgehead atoms. The van der Waals surface area contributed by atoms with Crippen LogP contribution in [0.1, 0.15) is 6.42 Å². The molecule has 1 fully saturated rings. The lowest BCUT2D eigenvalue weighted by atomic mass is 10.2. The van der Waals surface area contributed by atoms with Crippen LogP contribution in [0.4, 0.5) is 5.69 Å². The summed E-state index contributed by atoms with van der Waals surface area (Å²) in [5, 5.41) is 4.27. The molecule has 1 N–H and O–H groups in total. The summed E-state index contributed by atoms with van der Waals surface area (Å²) >= 11 is 11.9. The van der Waals surface area contributed by atoms with Crippen molar-refractivity contribution < 1.29 is 4.79 Å². The van der Waals surface area contributed by atoms with Crippen LogP contribution in [0.2, 0.25) is 10.0 Å². The summed E-state index contributed by atoms with van der Waals surface area (Å²) < 4.78 is 0. The zero-order valence-electron chi connectivity index (χ0n) is 8.67. The van der Waals surface area contributed by atoms with Crippen LogP contribution in [0.15, 0.2) is 18.2 Å². The second-order valence-electron chi connectivity index (χ2n) is 3.64. The van der Waals surface area contributed by atoms with E-state index in [2.05, 4.69) is 5.32 Å². The van der Waals surface area contributed by atoms with Gasteiger partial charge in [0, 0.05) is 31.1 Å². The topological polar surface area (TPSA) is 32.3 Å². The fourth-order valence-electron chi connectivity index (χ4n) is 1.73. The van der Waals surface area contributed by atoms with E-state index in [1.165, 1.54) is 0 Å². The molecule has 1 heterocycles. The number of rotatable bonds is 1. The van der Waals surface area contributed by atoms with Gasteiger partial charge in [-0.3, -0.25) is 4.79 Å². The van der Waals surface area contributed by atoms with E-state index in [-0.39, 0.29) is 5.91 Å². The van der Waals surface area contributed by atoms with Gasteiger partial charge in [-0.15, -0.1) is 0 Å². The molecule has 5 heteroatoms. The molecule has 1 aliphatic rings. The first-order valence-corrected chi connectivity index (χ1v) is 5.90. The fourth-order valence-corrected chi connectivity index (χ4v) is 2.24. The van der Waals surface area contributed by atoms with Crippen LogP contribution in [-0.2, 0) is 4.79 Å². The minimum Gasteiger partial charge on any atom is -0.314 e. The van der Waals surface area contributed by atoms with Crippen LogP contribution in [0.25, 0.3) is 0 Å². The predicted molar refractivity (Wildman–Crippen MR) is 66.3 cm³/mol. The number of hydrogen-bond donors (Lipinski definition) is 1. The van der Waals surface area contributed by atoms with E-state index in [0.717, 1.165) is 18.8 Å². The van der Waals surface area contributed by atoms with Gasteiger partial charge in [-0.05, 0) is 18.2 Å². The van der Waals surface area contributed by atoms with Crippen LogP contribution >= 0.6 is 23.2 Å². The smallest absolute Gasteiger partial charge is 0.228 e. The summed E-state index contributed by atoms with van der Waals surface area (Å²) in [5.74, 6) is 0.0919. The summed E-state index contributed by atoms with van der Waals surface area (Å²) in [5.41, 5.74) is 0.736. The Morgan fingerprint density at radius 3 is 2.81 bits per heavy atom. The van der Waals surface area contributed by atoms with E-state index in [9.17, 15) is 4.79 Å². The molecule has 3 nitrogen and oxygen atoms in total. The first kappa shape index (κ1) is 11.7. The van der Waals surface area contributed by atoms with Gasteiger partial charge < -0.3 is 10.2 Å². The molecule has 1 aromatic carbocycles. The lowest BCUT2D eigenvalue weighted by Crippen LogP contribution is -2.32. The van der Waals surface area contributed by atoms with Crippen molar-refractivity contribution in [3.05, 3.63) is 28.2 Å². The van der Waals surface area contributed by atoms with Gasteiger partial charge in [0.05, 0.1) is 10.7 Å². The van der Waals surface area contributed by atoms with Gasteiger partial charge in [-0.25, -0.2) is 0 Å². The predicted octanol–water partition coefficient (Wildman–Crippen LogP) is 2.32. The summed E-state index contributed by atoms with van der Waals surface area (Å²) in [6.45, 7) is 2.14. The molecular formula is C11H12Cl2N2O. The lowest BCUT2D eigenvalue weighted by molar-refractivity contribution is -0.118. The molecule has 0 unspecified atom stereocenters. The van der Waals surface area contributed by atoms with E-state index < -0.39 is 0 Å². The van der Waals surface area contributed by atoms with Gasteiger partial charge in [-0.1, -0.05) is 23.2 Å². The number of carbonyl (C=O) groups excluding carboxylic acids is 1. The van der Waals surface area contributed by atoms with E-state index in [1.807, 2.05) is 0 Å². The number of amides is 1. The minimum atomic E-state index is 0.0919. The summed E-state index contributed by atoms with van der Waals surface area (Å²) in [7, 11) is 0. The molecular weight excluding hydrogens is 247 g/mol. The Bertz CT molecular complexity index is 409. The standard InChI is InChI=1S/C11H12Cl2N2O/c12-8-1-2-10(9(13)7-8)15-6-5-14-4-3-11(15)16/h1-2,7,14H,3-6H2. The molecule has 0 saturated carbocycles. The first-order valence-electron chi connectivity index (χ1n) is 5.14. The average Bonchev–Trinajstić information content (AvgIpc) is 2.44. The zero-order valence-corrected chi connectivity index (χ0v) is 10.2. The highest BCUT2D eigenvalue weighted by Gasteiger charge is 2.19. The highest BCUT2D eigenvalue weighted by molar-refractivity contribution is 6.36. The van der Waals surface area contributed by atoms with E-state index in [4.69, 9.17) is 23.2 Å². The molecule has 2 rings (SSSR count). The summed E-state index contributed by atoms with van der Waals surface area (Å²) in [6.07, 6.45) is 0.499. The molecule has 0 aliphatic carbocycles. The van der Waals surface area contributed by atoms with Crippen LogP contribution in [0.3, 0.4) is 0 Å². The SMILES string of the molecule is O=C1CCNCCN1c1ccc(Cl)cc1Cl. The molecule has 0 aromatic heterocycles. The van der Waals surface area contributed by atoms with Gasteiger partial charge in [0.1, 0.15) is 0 Å². The van der Waals surface area contributed by atoms with Gasteiger partial charge in [0.2, 0.25) is 5.91 Å². The second kappa shape index (κ2) is 5.04. The van der Waals surface area contributed by atoms with Crippen molar-refractivity contribution in [2.45, 2.75) is 6.42 Å². The lowest BCUT2D eigenvalue weighted by Gasteiger charge is -2.21. The van der Waals surface area contributed by atoms with Crippen molar-refractivity contribution in [3.63, 3.8) is 0 Å². The number of hydrogen-bond acceptors (Lipinski definition) is 2. The third-order valence-corrected chi connectivity index (χ3v) is 3.07. The molecule has 0 spiro atoms. The number of halogens is 2. The van der Waals surface area contributed by atoms with Crippen molar-refractivity contribution in [1.82, 2.24) is 5.32 Å². The largest absolute Gasteiger partial charge is 0.314 e. The minimum absolute atomic E-state index is 0.0919. The third-order valence-electron chi connectivity index (χ3n) is 2.53. The maximum Gasteiger partial charge on any atom is 0.228 e. The normalized spacial score (nSPS) is 17.4. The maximum atomic E-state index is 11.8. The van der Waals surface area contributed by atoms with Crippen LogP contribution < -0.4 is 10.2 Å². The van der Waals surface area contributed by atoms with Gasteiger partial charge in [0.15, 0.2) is 0 Å². The average molecular weight is 259 g/mol. The molecule has 16 heavy (non-hydrogen) atoms. The molecule has 1 saturated heterocycles. The molecule has 1 aromatic rings. The monoisotopic (exact) mass is 258 g/mol. The van der Waals surface area contributed by atoms with Crippen molar-refractivity contribution in [3.8, 4) is 0 Å². The Morgan fingerprint density at radius 1 is 1.25 bits per heavy atom. The van der Waals surface area contributed by atoms with E-state index in [1.54, 1.807) is 23.1 Å². The summed E-state index contributed by atoms with van der Waals surface area (Å²) in [6, 6.07) is 5.19. The van der Waals surface area contributed by atoms with Crippen molar-refractivity contribution >= 4 is 34.8 Å². The van der Waals surface area contributed by atoms with Crippen LogP contribution in [-0.4, -0.2) is 25.5 Å². The van der Waals surface area contributed by atoms with Crippen molar-refractivity contribution in [2.24, 2.45) is 0 Å². The van der Waals surface area contributed by atoms with Crippen LogP contribution in [0, 0.1) is 0 Å². The Morgan fingerprint density at radius 2 is 2.06 bits per heavy atom. The van der Waals surface area contributed by atoms with Crippen LogP contribution in [0.5, 0.6) is 0 Å². The van der Waals surface area contributed by atoms with E-state index in [0.29, 0.717) is 23.0 Å². The van der Waals surface area contributed by atoms with Crippen molar-refractivity contribution in [2.75, 3.05) is 24.5 Å². The van der Waals surface area contributed by atoms with Gasteiger partial charge in [-0.2, -0.15) is 0 Å². The molecule has 1 amide bonds.